The van der Waals surface area contributed by atoms with Gasteiger partial charge in [0.15, 0.2) is 0 Å². The summed E-state index contributed by atoms with van der Waals surface area (Å²) in [4.78, 5) is 16.9. The lowest BCUT2D eigenvalue weighted by molar-refractivity contribution is -0.135. The van der Waals surface area contributed by atoms with Gasteiger partial charge in [-0.2, -0.15) is 0 Å². The van der Waals surface area contributed by atoms with Crippen LogP contribution in [0.5, 0.6) is 0 Å². The van der Waals surface area contributed by atoms with Gasteiger partial charge in [-0.25, -0.2) is 0 Å². The third-order valence-electron chi connectivity index (χ3n) is 4.35. The van der Waals surface area contributed by atoms with Crippen LogP contribution in [-0.2, 0) is 4.79 Å². The molecule has 0 radical (unpaired) electrons. The fraction of sp³-hybridized carbons (Fsp3) is 0.929. The molecule has 4 heteroatoms. The standard InChI is InChI=1S/C14H27N3O/c1-3-4-13-5-8-17(11-13)14(18)12(2)16-9-6-15-7-10-16/h12-13,15H,3-11H2,1-2H3. The fourth-order valence-corrected chi connectivity index (χ4v) is 3.17. The first-order chi connectivity index (χ1) is 8.72. The maximum Gasteiger partial charge on any atom is 0.239 e. The molecule has 0 aromatic rings. The van der Waals surface area contributed by atoms with Crippen LogP contribution < -0.4 is 5.32 Å². The van der Waals surface area contributed by atoms with E-state index < -0.39 is 0 Å². The number of hydrogen-bond donors (Lipinski definition) is 1. The molecule has 2 aliphatic rings. The maximum absolute atomic E-state index is 12.5. The molecule has 1 N–H and O–H groups in total. The lowest BCUT2D eigenvalue weighted by Gasteiger charge is -2.34. The molecule has 2 rings (SSSR count). The monoisotopic (exact) mass is 253 g/mol. The van der Waals surface area contributed by atoms with E-state index in [1.807, 2.05) is 0 Å². The van der Waals surface area contributed by atoms with Gasteiger partial charge in [-0.3, -0.25) is 9.69 Å². The van der Waals surface area contributed by atoms with Gasteiger partial charge in [-0.15, -0.1) is 0 Å². The SMILES string of the molecule is CCCC1CCN(C(=O)C(C)N2CCNCC2)C1. The van der Waals surface area contributed by atoms with Crippen molar-refractivity contribution in [3.8, 4) is 0 Å². The summed E-state index contributed by atoms with van der Waals surface area (Å²) in [6.45, 7) is 10.3. The average Bonchev–Trinajstić information content (AvgIpc) is 2.87. The molecule has 0 saturated carbocycles. The van der Waals surface area contributed by atoms with Gasteiger partial charge in [0.2, 0.25) is 5.91 Å². The number of nitrogens with zero attached hydrogens (tertiary/aromatic N) is 2. The average molecular weight is 253 g/mol. The first-order valence-corrected chi connectivity index (χ1v) is 7.46. The zero-order valence-electron chi connectivity index (χ0n) is 11.8. The Bertz CT molecular complexity index is 276. The van der Waals surface area contributed by atoms with E-state index in [4.69, 9.17) is 0 Å². The second-order valence-electron chi connectivity index (χ2n) is 5.69. The van der Waals surface area contributed by atoms with Gasteiger partial charge >= 0.3 is 0 Å². The second kappa shape index (κ2) is 6.53. The number of hydrogen-bond acceptors (Lipinski definition) is 3. The number of nitrogens with one attached hydrogen (secondary N) is 1. The van der Waals surface area contributed by atoms with Crippen molar-refractivity contribution in [3.05, 3.63) is 0 Å². The number of carbonyl (C=O) groups is 1. The predicted octanol–water partition coefficient (Wildman–Crippen LogP) is 0.929. The molecule has 18 heavy (non-hydrogen) atoms. The smallest absolute Gasteiger partial charge is 0.239 e. The Kier molecular flexibility index (Phi) is 5.01. The number of carbonyl (C=O) groups excluding carboxylic acids is 1. The first-order valence-electron chi connectivity index (χ1n) is 7.46. The molecule has 2 aliphatic heterocycles. The van der Waals surface area contributed by atoms with Gasteiger partial charge in [-0.05, 0) is 25.7 Å². The lowest BCUT2D eigenvalue weighted by Crippen LogP contribution is -2.53. The topological polar surface area (TPSA) is 35.6 Å². The number of piperazine rings is 1. The Morgan fingerprint density at radius 3 is 2.72 bits per heavy atom. The largest absolute Gasteiger partial charge is 0.341 e. The zero-order valence-corrected chi connectivity index (χ0v) is 11.8. The molecule has 2 heterocycles. The van der Waals surface area contributed by atoms with Crippen LogP contribution in [0.4, 0.5) is 0 Å². The second-order valence-corrected chi connectivity index (χ2v) is 5.69. The minimum absolute atomic E-state index is 0.0625. The third kappa shape index (κ3) is 3.23. The predicted molar refractivity (Wildman–Crippen MR) is 73.5 cm³/mol. The number of rotatable bonds is 4. The van der Waals surface area contributed by atoms with E-state index in [2.05, 4.69) is 29.0 Å². The molecule has 2 saturated heterocycles. The van der Waals surface area contributed by atoms with Crippen LogP contribution in [0, 0.1) is 5.92 Å². The summed E-state index contributed by atoms with van der Waals surface area (Å²) in [7, 11) is 0. The summed E-state index contributed by atoms with van der Waals surface area (Å²) in [5.41, 5.74) is 0. The molecule has 2 fully saturated rings. The molecular formula is C14H27N3O. The van der Waals surface area contributed by atoms with Crippen LogP contribution in [0.3, 0.4) is 0 Å². The lowest BCUT2D eigenvalue weighted by atomic mass is 10.0. The Hall–Kier alpha value is -0.610. The quantitative estimate of drug-likeness (QED) is 0.809. The van der Waals surface area contributed by atoms with Gasteiger partial charge in [0.1, 0.15) is 0 Å². The molecule has 2 unspecified atom stereocenters. The first kappa shape index (κ1) is 13.8. The fourth-order valence-electron chi connectivity index (χ4n) is 3.17. The molecule has 0 bridgehead atoms. The van der Waals surface area contributed by atoms with Gasteiger partial charge in [0, 0.05) is 39.3 Å². The highest BCUT2D eigenvalue weighted by Crippen LogP contribution is 2.22. The molecule has 0 aromatic heterocycles. The minimum atomic E-state index is 0.0625. The summed E-state index contributed by atoms with van der Waals surface area (Å²) >= 11 is 0. The number of likely N-dealkylation sites (tertiary alicyclic amines) is 1. The Labute approximate surface area is 111 Å². The van der Waals surface area contributed by atoms with Crippen molar-refractivity contribution in [2.75, 3.05) is 39.3 Å². The molecule has 1 amide bonds. The van der Waals surface area contributed by atoms with E-state index in [-0.39, 0.29) is 6.04 Å². The molecule has 2 atom stereocenters. The summed E-state index contributed by atoms with van der Waals surface area (Å²) in [5.74, 6) is 1.09. The van der Waals surface area contributed by atoms with Crippen molar-refractivity contribution in [2.24, 2.45) is 5.92 Å². The van der Waals surface area contributed by atoms with Crippen molar-refractivity contribution >= 4 is 5.91 Å². The Morgan fingerprint density at radius 2 is 2.06 bits per heavy atom. The molecule has 4 nitrogen and oxygen atoms in total. The summed E-state index contributed by atoms with van der Waals surface area (Å²) < 4.78 is 0. The Morgan fingerprint density at radius 1 is 1.33 bits per heavy atom. The zero-order chi connectivity index (χ0) is 13.0. The highest BCUT2D eigenvalue weighted by Gasteiger charge is 2.31. The molecule has 0 aliphatic carbocycles. The van der Waals surface area contributed by atoms with Crippen molar-refractivity contribution in [2.45, 2.75) is 39.2 Å². The third-order valence-corrected chi connectivity index (χ3v) is 4.35. The molecule has 0 aromatic carbocycles. The van der Waals surface area contributed by atoms with Crippen molar-refractivity contribution in [3.63, 3.8) is 0 Å². The highest BCUT2D eigenvalue weighted by atomic mass is 16.2. The van der Waals surface area contributed by atoms with Crippen molar-refractivity contribution in [1.82, 2.24) is 15.1 Å². The van der Waals surface area contributed by atoms with E-state index in [0.29, 0.717) is 5.91 Å². The number of amides is 1. The molecular weight excluding hydrogens is 226 g/mol. The Balaban J connectivity index is 1.83. The summed E-state index contributed by atoms with van der Waals surface area (Å²) in [5, 5.41) is 3.34. The highest BCUT2D eigenvalue weighted by molar-refractivity contribution is 5.81. The van der Waals surface area contributed by atoms with Gasteiger partial charge in [0.05, 0.1) is 6.04 Å². The van der Waals surface area contributed by atoms with Gasteiger partial charge in [-0.1, -0.05) is 13.3 Å². The summed E-state index contributed by atoms with van der Waals surface area (Å²) in [6.07, 6.45) is 3.71. The van der Waals surface area contributed by atoms with E-state index in [9.17, 15) is 4.79 Å². The van der Waals surface area contributed by atoms with Crippen molar-refractivity contribution < 1.29 is 4.79 Å². The normalized spacial score (nSPS) is 27.4. The van der Waals surface area contributed by atoms with Gasteiger partial charge < -0.3 is 10.2 Å². The van der Waals surface area contributed by atoms with Crippen LogP contribution in [-0.4, -0.2) is 61.0 Å². The van der Waals surface area contributed by atoms with Crippen LogP contribution in [0.2, 0.25) is 0 Å². The van der Waals surface area contributed by atoms with E-state index in [1.54, 1.807) is 0 Å². The van der Waals surface area contributed by atoms with Gasteiger partial charge in [0.25, 0.3) is 0 Å². The maximum atomic E-state index is 12.5. The van der Waals surface area contributed by atoms with Crippen LogP contribution in [0.25, 0.3) is 0 Å². The van der Waals surface area contributed by atoms with Crippen LogP contribution >= 0.6 is 0 Å². The van der Waals surface area contributed by atoms with Crippen LogP contribution in [0.15, 0.2) is 0 Å². The van der Waals surface area contributed by atoms with E-state index in [1.165, 1.54) is 19.3 Å². The molecule has 104 valence electrons. The minimum Gasteiger partial charge on any atom is -0.341 e. The van der Waals surface area contributed by atoms with E-state index >= 15 is 0 Å². The summed E-state index contributed by atoms with van der Waals surface area (Å²) in [6, 6.07) is 0.0625. The van der Waals surface area contributed by atoms with Crippen molar-refractivity contribution in [1.29, 1.82) is 0 Å². The van der Waals surface area contributed by atoms with E-state index in [0.717, 1.165) is 45.2 Å². The molecule has 0 spiro atoms. The van der Waals surface area contributed by atoms with Crippen LogP contribution in [0.1, 0.15) is 33.1 Å².